The fraction of sp³-hybridized carbons (Fsp3) is 0.0769. The second kappa shape index (κ2) is 3.38. The number of nitrogens with one attached hydrogen (secondary N) is 1. The van der Waals surface area contributed by atoms with Gasteiger partial charge in [0.15, 0.2) is 0 Å². The zero-order valence-electron chi connectivity index (χ0n) is 8.13. The van der Waals surface area contributed by atoms with Crippen LogP contribution in [0.3, 0.4) is 0 Å². The van der Waals surface area contributed by atoms with Gasteiger partial charge in [0.05, 0.1) is 0 Å². The van der Waals surface area contributed by atoms with Crippen molar-refractivity contribution >= 4 is 32.9 Å². The fourth-order valence-corrected chi connectivity index (χ4v) is 2.38. The van der Waals surface area contributed by atoms with Gasteiger partial charge in [0.2, 0.25) is 0 Å². The van der Waals surface area contributed by atoms with Crippen LogP contribution >= 0.6 is 15.9 Å². The standard InChI is InChI=1S/C13H10BrN/c14-9-6-7-13-11(8-9)10-4-2-1-3-5-12(10)15-13/h1-3,5-8,15H,4H2. The topological polar surface area (TPSA) is 15.8 Å². The molecule has 74 valence electrons. The highest BCUT2D eigenvalue weighted by Gasteiger charge is 2.09. The van der Waals surface area contributed by atoms with Crippen molar-refractivity contribution in [2.45, 2.75) is 6.42 Å². The van der Waals surface area contributed by atoms with Crippen molar-refractivity contribution in [2.24, 2.45) is 0 Å². The molecule has 0 fully saturated rings. The van der Waals surface area contributed by atoms with Crippen LogP contribution in [0.5, 0.6) is 0 Å². The van der Waals surface area contributed by atoms with Crippen molar-refractivity contribution in [1.29, 1.82) is 0 Å². The number of rotatable bonds is 0. The molecule has 3 rings (SSSR count). The number of hydrogen-bond donors (Lipinski definition) is 1. The van der Waals surface area contributed by atoms with Crippen molar-refractivity contribution < 1.29 is 0 Å². The first kappa shape index (κ1) is 8.98. The summed E-state index contributed by atoms with van der Waals surface area (Å²) in [5, 5.41) is 1.32. The van der Waals surface area contributed by atoms with E-state index in [0.717, 1.165) is 10.9 Å². The summed E-state index contributed by atoms with van der Waals surface area (Å²) in [6.45, 7) is 0. The Labute approximate surface area is 96.6 Å². The quantitative estimate of drug-likeness (QED) is 0.735. The lowest BCUT2D eigenvalue weighted by molar-refractivity contribution is 1.27. The molecule has 0 bridgehead atoms. The van der Waals surface area contributed by atoms with E-state index >= 15 is 0 Å². The van der Waals surface area contributed by atoms with E-state index in [1.54, 1.807) is 0 Å². The van der Waals surface area contributed by atoms with Crippen molar-refractivity contribution in [2.75, 3.05) is 0 Å². The van der Waals surface area contributed by atoms with Crippen molar-refractivity contribution in [1.82, 2.24) is 4.98 Å². The smallest absolute Gasteiger partial charge is 0.0462 e. The molecule has 2 heteroatoms. The first-order valence-corrected chi connectivity index (χ1v) is 5.77. The van der Waals surface area contributed by atoms with Gasteiger partial charge in [0.1, 0.15) is 0 Å². The number of halogens is 1. The van der Waals surface area contributed by atoms with Gasteiger partial charge in [-0.15, -0.1) is 0 Å². The minimum absolute atomic E-state index is 0.999. The van der Waals surface area contributed by atoms with Gasteiger partial charge in [-0.25, -0.2) is 0 Å². The third kappa shape index (κ3) is 1.45. The van der Waals surface area contributed by atoms with E-state index in [1.807, 2.05) is 0 Å². The van der Waals surface area contributed by atoms with Gasteiger partial charge >= 0.3 is 0 Å². The lowest BCUT2D eigenvalue weighted by Crippen LogP contribution is -1.81. The lowest BCUT2D eigenvalue weighted by atomic mass is 10.1. The monoisotopic (exact) mass is 259 g/mol. The molecule has 1 aliphatic carbocycles. The number of benzene rings is 1. The molecule has 2 aromatic rings. The second-order valence-electron chi connectivity index (χ2n) is 3.70. The Bertz CT molecular complexity index is 575. The van der Waals surface area contributed by atoms with E-state index in [9.17, 15) is 0 Å². The Balaban J connectivity index is 2.35. The van der Waals surface area contributed by atoms with Gasteiger partial charge < -0.3 is 4.98 Å². The van der Waals surface area contributed by atoms with Crippen molar-refractivity contribution in [3.63, 3.8) is 0 Å². The van der Waals surface area contributed by atoms with Gasteiger partial charge in [0.25, 0.3) is 0 Å². The second-order valence-corrected chi connectivity index (χ2v) is 4.61. The summed E-state index contributed by atoms with van der Waals surface area (Å²) in [6.07, 6.45) is 9.50. The van der Waals surface area contributed by atoms with E-state index in [0.29, 0.717) is 0 Å². The van der Waals surface area contributed by atoms with Crippen LogP contribution in [-0.4, -0.2) is 4.98 Å². The van der Waals surface area contributed by atoms with Gasteiger partial charge in [-0.05, 0) is 36.3 Å². The first-order valence-electron chi connectivity index (χ1n) is 4.98. The summed E-state index contributed by atoms with van der Waals surface area (Å²) in [5.41, 5.74) is 3.83. The molecule has 0 saturated heterocycles. The molecular weight excluding hydrogens is 250 g/mol. The molecule has 0 amide bonds. The third-order valence-electron chi connectivity index (χ3n) is 2.73. The lowest BCUT2D eigenvalue weighted by Gasteiger charge is -1.96. The molecule has 1 aromatic heterocycles. The first-order chi connectivity index (χ1) is 7.34. The third-order valence-corrected chi connectivity index (χ3v) is 3.23. The molecule has 15 heavy (non-hydrogen) atoms. The van der Waals surface area contributed by atoms with Crippen LogP contribution < -0.4 is 0 Å². The van der Waals surface area contributed by atoms with Gasteiger partial charge in [0, 0.05) is 21.1 Å². The van der Waals surface area contributed by atoms with Crippen LogP contribution in [0, 0.1) is 0 Å². The average Bonchev–Trinajstić information content (AvgIpc) is 2.44. The highest BCUT2D eigenvalue weighted by molar-refractivity contribution is 9.10. The van der Waals surface area contributed by atoms with Crippen molar-refractivity contribution in [3.05, 3.63) is 52.2 Å². The Hall–Kier alpha value is -1.28. The van der Waals surface area contributed by atoms with Crippen LogP contribution in [0.2, 0.25) is 0 Å². The highest BCUT2D eigenvalue weighted by Crippen LogP contribution is 2.28. The molecule has 1 heterocycles. The molecule has 0 aliphatic heterocycles. The number of aromatic amines is 1. The van der Waals surface area contributed by atoms with Gasteiger partial charge in [-0.3, -0.25) is 0 Å². The average molecular weight is 260 g/mol. The van der Waals surface area contributed by atoms with Gasteiger partial charge in [-0.2, -0.15) is 0 Å². The predicted octanol–water partition coefficient (Wildman–Crippen LogP) is 4.06. The molecule has 0 unspecified atom stereocenters. The number of fused-ring (bicyclic) bond motifs is 3. The molecule has 1 aromatic carbocycles. The van der Waals surface area contributed by atoms with E-state index in [-0.39, 0.29) is 0 Å². The van der Waals surface area contributed by atoms with E-state index in [4.69, 9.17) is 0 Å². The van der Waals surface area contributed by atoms with Gasteiger partial charge in [-0.1, -0.05) is 34.2 Å². The number of H-pyrrole nitrogens is 1. The Morgan fingerprint density at radius 1 is 1.20 bits per heavy atom. The number of allylic oxidation sites excluding steroid dienone is 3. The normalized spacial score (nSPS) is 14.2. The summed E-state index contributed by atoms with van der Waals surface area (Å²) < 4.78 is 1.13. The zero-order chi connectivity index (χ0) is 10.3. The molecule has 1 N–H and O–H groups in total. The summed E-state index contributed by atoms with van der Waals surface area (Å²) in [5.74, 6) is 0. The van der Waals surface area contributed by atoms with Crippen LogP contribution in [0.4, 0.5) is 0 Å². The minimum Gasteiger partial charge on any atom is -0.355 e. The van der Waals surface area contributed by atoms with Crippen LogP contribution in [0.1, 0.15) is 11.3 Å². The summed E-state index contributed by atoms with van der Waals surface area (Å²) >= 11 is 3.51. The minimum atomic E-state index is 0.999. The molecule has 0 spiro atoms. The Kier molecular flexibility index (Phi) is 2.03. The largest absolute Gasteiger partial charge is 0.355 e. The van der Waals surface area contributed by atoms with Crippen LogP contribution in [-0.2, 0) is 6.42 Å². The molecule has 1 aliphatic rings. The fourth-order valence-electron chi connectivity index (χ4n) is 2.02. The predicted molar refractivity (Wildman–Crippen MR) is 67.9 cm³/mol. The number of hydrogen-bond acceptors (Lipinski definition) is 0. The highest BCUT2D eigenvalue weighted by atomic mass is 79.9. The van der Waals surface area contributed by atoms with E-state index in [2.05, 4.69) is 63.4 Å². The summed E-state index contributed by atoms with van der Waals surface area (Å²) in [7, 11) is 0. The van der Waals surface area contributed by atoms with Crippen molar-refractivity contribution in [3.8, 4) is 0 Å². The molecular formula is C13H10BrN. The maximum atomic E-state index is 3.51. The van der Waals surface area contributed by atoms with Crippen LogP contribution in [0.25, 0.3) is 17.0 Å². The molecule has 0 saturated carbocycles. The van der Waals surface area contributed by atoms with Crippen LogP contribution in [0.15, 0.2) is 40.9 Å². The maximum Gasteiger partial charge on any atom is 0.0462 e. The maximum absolute atomic E-state index is 3.51. The Morgan fingerprint density at radius 3 is 3.07 bits per heavy atom. The summed E-state index contributed by atoms with van der Waals surface area (Å²) in [4.78, 5) is 3.44. The Morgan fingerprint density at radius 2 is 2.13 bits per heavy atom. The zero-order valence-corrected chi connectivity index (χ0v) is 9.71. The summed E-state index contributed by atoms with van der Waals surface area (Å²) in [6, 6.07) is 6.36. The molecule has 1 nitrogen and oxygen atoms in total. The SMILES string of the molecule is Brc1ccc2[nH]c3c(c2c1)CC=CC=C3. The molecule has 0 atom stereocenters. The van der Waals surface area contributed by atoms with E-state index < -0.39 is 0 Å². The number of aromatic nitrogens is 1. The molecule has 0 radical (unpaired) electrons. The van der Waals surface area contributed by atoms with E-state index in [1.165, 1.54) is 22.2 Å².